The van der Waals surface area contributed by atoms with Gasteiger partial charge in [0.05, 0.1) is 5.88 Å². The summed E-state index contributed by atoms with van der Waals surface area (Å²) in [5, 5.41) is 8.52. The Balaban J connectivity index is 3.40. The highest BCUT2D eigenvalue weighted by Gasteiger charge is 2.17. The van der Waals surface area contributed by atoms with Crippen LogP contribution >= 0.6 is 11.6 Å². The van der Waals surface area contributed by atoms with E-state index in [9.17, 15) is 13.6 Å². The molecule has 5 heteroatoms. The van der Waals surface area contributed by atoms with Gasteiger partial charge in [0.15, 0.2) is 17.4 Å². The molecule has 0 aromatic heterocycles. The summed E-state index contributed by atoms with van der Waals surface area (Å²) in [6, 6.07) is 3.26. The molecule has 2 nitrogen and oxygen atoms in total. The molecule has 0 saturated heterocycles. The highest BCUT2D eigenvalue weighted by Crippen LogP contribution is 2.16. The molecule has 0 saturated carbocycles. The van der Waals surface area contributed by atoms with Gasteiger partial charge in [0.1, 0.15) is 11.6 Å². The fourth-order valence-electron chi connectivity index (χ4n) is 0.964. The SMILES string of the molecule is N#Cc1c(C(=O)CCl)ccc(F)c1F. The second-order valence-corrected chi connectivity index (χ2v) is 2.72. The van der Waals surface area contributed by atoms with E-state index in [2.05, 4.69) is 0 Å². The Hall–Kier alpha value is -1.47. The molecule has 0 aliphatic heterocycles. The van der Waals surface area contributed by atoms with E-state index in [1.54, 1.807) is 0 Å². The number of rotatable bonds is 2. The third-order valence-corrected chi connectivity index (χ3v) is 1.87. The van der Waals surface area contributed by atoms with Gasteiger partial charge in [-0.3, -0.25) is 4.79 Å². The average Bonchev–Trinajstić information content (AvgIpc) is 2.20. The minimum absolute atomic E-state index is 0.193. The topological polar surface area (TPSA) is 40.9 Å². The third-order valence-electron chi connectivity index (χ3n) is 1.63. The number of carbonyl (C=O) groups is 1. The van der Waals surface area contributed by atoms with Crippen molar-refractivity contribution in [1.82, 2.24) is 0 Å². The Morgan fingerprint density at radius 1 is 1.50 bits per heavy atom. The monoisotopic (exact) mass is 215 g/mol. The van der Waals surface area contributed by atoms with Gasteiger partial charge in [-0.2, -0.15) is 5.26 Å². The summed E-state index contributed by atoms with van der Waals surface area (Å²) in [4.78, 5) is 11.1. The number of Topliss-reactive ketones (excluding diaryl/α,β-unsaturated/α-hetero) is 1. The van der Waals surface area contributed by atoms with Crippen LogP contribution in [0.25, 0.3) is 0 Å². The predicted molar refractivity (Wildman–Crippen MR) is 46.1 cm³/mol. The molecule has 0 N–H and O–H groups in total. The molecule has 0 heterocycles. The Morgan fingerprint density at radius 2 is 2.14 bits per heavy atom. The van der Waals surface area contributed by atoms with Gasteiger partial charge in [-0.15, -0.1) is 11.6 Å². The van der Waals surface area contributed by atoms with E-state index in [1.807, 2.05) is 0 Å². The van der Waals surface area contributed by atoms with Crippen LogP contribution in [0.3, 0.4) is 0 Å². The van der Waals surface area contributed by atoms with Crippen LogP contribution in [0.5, 0.6) is 0 Å². The van der Waals surface area contributed by atoms with Crippen LogP contribution in [-0.2, 0) is 0 Å². The van der Waals surface area contributed by atoms with Crippen molar-refractivity contribution in [3.8, 4) is 6.07 Å². The number of halogens is 3. The van der Waals surface area contributed by atoms with Gasteiger partial charge in [-0.05, 0) is 12.1 Å². The molecular formula is C9H4ClF2NO. The van der Waals surface area contributed by atoms with Crippen molar-refractivity contribution >= 4 is 17.4 Å². The van der Waals surface area contributed by atoms with E-state index in [4.69, 9.17) is 16.9 Å². The Labute approximate surface area is 83.7 Å². The van der Waals surface area contributed by atoms with Gasteiger partial charge in [0.2, 0.25) is 0 Å². The Bertz CT molecular complexity index is 426. The molecule has 14 heavy (non-hydrogen) atoms. The summed E-state index contributed by atoms with van der Waals surface area (Å²) >= 11 is 5.23. The van der Waals surface area contributed by atoms with Gasteiger partial charge < -0.3 is 0 Å². The molecule has 0 amide bonds. The zero-order chi connectivity index (χ0) is 10.7. The van der Waals surface area contributed by atoms with Gasteiger partial charge >= 0.3 is 0 Å². The molecule has 0 atom stereocenters. The van der Waals surface area contributed by atoms with E-state index >= 15 is 0 Å². The average molecular weight is 216 g/mol. The lowest BCUT2D eigenvalue weighted by Gasteiger charge is -2.01. The van der Waals surface area contributed by atoms with E-state index in [0.29, 0.717) is 0 Å². The first-order valence-electron chi connectivity index (χ1n) is 3.59. The van der Waals surface area contributed by atoms with Crippen molar-refractivity contribution in [3.05, 3.63) is 34.9 Å². The fraction of sp³-hybridized carbons (Fsp3) is 0.111. The highest BCUT2D eigenvalue weighted by molar-refractivity contribution is 6.30. The Kier molecular flexibility index (Phi) is 3.15. The summed E-state index contributed by atoms with van der Waals surface area (Å²) in [6.45, 7) is 0. The molecular weight excluding hydrogens is 212 g/mol. The Morgan fingerprint density at radius 3 is 2.64 bits per heavy atom. The first-order chi connectivity index (χ1) is 6.61. The van der Waals surface area contributed by atoms with Crippen molar-refractivity contribution in [2.75, 3.05) is 5.88 Å². The fourth-order valence-corrected chi connectivity index (χ4v) is 1.11. The zero-order valence-electron chi connectivity index (χ0n) is 6.85. The lowest BCUT2D eigenvalue weighted by atomic mass is 10.0. The van der Waals surface area contributed by atoms with E-state index in [0.717, 1.165) is 12.1 Å². The summed E-state index contributed by atoms with van der Waals surface area (Å²) in [6.07, 6.45) is 0. The van der Waals surface area contributed by atoms with Crippen molar-refractivity contribution in [2.45, 2.75) is 0 Å². The van der Waals surface area contributed by atoms with Gasteiger partial charge in [0, 0.05) is 5.56 Å². The minimum atomic E-state index is -1.32. The first-order valence-corrected chi connectivity index (χ1v) is 4.12. The molecule has 0 aliphatic rings. The predicted octanol–water partition coefficient (Wildman–Crippen LogP) is 2.26. The van der Waals surface area contributed by atoms with Crippen LogP contribution in [0.4, 0.5) is 8.78 Å². The molecule has 1 aromatic carbocycles. The maximum atomic E-state index is 13.0. The molecule has 0 bridgehead atoms. The van der Waals surface area contributed by atoms with Crippen molar-refractivity contribution in [3.63, 3.8) is 0 Å². The molecule has 0 unspecified atom stereocenters. The summed E-state index contributed by atoms with van der Waals surface area (Å²) in [7, 11) is 0. The van der Waals surface area contributed by atoms with Crippen LogP contribution in [0.1, 0.15) is 15.9 Å². The van der Waals surface area contributed by atoms with E-state index in [1.165, 1.54) is 6.07 Å². The maximum Gasteiger partial charge on any atom is 0.179 e. The molecule has 1 rings (SSSR count). The molecule has 0 radical (unpaired) electrons. The molecule has 1 aromatic rings. The standard InChI is InChI=1S/C9H4ClF2NO/c10-3-8(14)5-1-2-7(11)9(12)6(5)4-13/h1-2H,3H2. The number of alkyl halides is 1. The molecule has 0 fully saturated rings. The van der Waals surface area contributed by atoms with Crippen LogP contribution in [0, 0.1) is 23.0 Å². The number of nitriles is 1. The van der Waals surface area contributed by atoms with Gasteiger partial charge in [-0.1, -0.05) is 0 Å². The maximum absolute atomic E-state index is 13.0. The van der Waals surface area contributed by atoms with E-state index in [-0.39, 0.29) is 11.4 Å². The minimum Gasteiger partial charge on any atom is -0.293 e. The third kappa shape index (κ3) is 1.73. The summed E-state index contributed by atoms with van der Waals surface area (Å²) in [5.41, 5.74) is -0.794. The smallest absolute Gasteiger partial charge is 0.179 e. The normalized spacial score (nSPS) is 9.57. The lowest BCUT2D eigenvalue weighted by Crippen LogP contribution is -2.06. The number of carbonyl (C=O) groups excluding carboxylic acids is 1. The zero-order valence-corrected chi connectivity index (χ0v) is 7.61. The van der Waals surface area contributed by atoms with Crippen LogP contribution in [0.15, 0.2) is 12.1 Å². The van der Waals surface area contributed by atoms with Crippen LogP contribution in [-0.4, -0.2) is 11.7 Å². The first kappa shape index (κ1) is 10.6. The van der Waals surface area contributed by atoms with Crippen molar-refractivity contribution in [2.24, 2.45) is 0 Å². The van der Waals surface area contributed by atoms with Gasteiger partial charge in [0.25, 0.3) is 0 Å². The summed E-state index contributed by atoms with van der Waals surface area (Å²) in [5.74, 6) is -3.46. The molecule has 0 spiro atoms. The number of hydrogen-bond acceptors (Lipinski definition) is 2. The van der Waals surface area contributed by atoms with Crippen molar-refractivity contribution < 1.29 is 13.6 Å². The number of benzene rings is 1. The van der Waals surface area contributed by atoms with Crippen LogP contribution in [0.2, 0.25) is 0 Å². The number of nitrogens with zero attached hydrogens (tertiary/aromatic N) is 1. The largest absolute Gasteiger partial charge is 0.293 e. The quantitative estimate of drug-likeness (QED) is 0.561. The second kappa shape index (κ2) is 4.16. The number of ketones is 1. The van der Waals surface area contributed by atoms with E-state index < -0.39 is 23.0 Å². The van der Waals surface area contributed by atoms with Crippen molar-refractivity contribution in [1.29, 1.82) is 5.26 Å². The van der Waals surface area contributed by atoms with Gasteiger partial charge in [-0.25, -0.2) is 8.78 Å². The van der Waals surface area contributed by atoms with Crippen LogP contribution < -0.4 is 0 Å². The highest BCUT2D eigenvalue weighted by atomic mass is 35.5. The number of hydrogen-bond donors (Lipinski definition) is 0. The molecule has 0 aliphatic carbocycles. The second-order valence-electron chi connectivity index (χ2n) is 2.45. The molecule has 72 valence electrons. The summed E-state index contributed by atoms with van der Waals surface area (Å²) < 4.78 is 25.6. The lowest BCUT2D eigenvalue weighted by molar-refractivity contribution is 0.102.